The highest BCUT2D eigenvalue weighted by atomic mass is 16.5. The SMILES string of the molecule is Cc1nc2ccc(Oc3ccc(C(C)(C)C)cc3)cc2cc1C(=O)O. The van der Waals surface area contributed by atoms with Crippen LogP contribution in [0.1, 0.15) is 42.4 Å². The molecule has 2 aromatic carbocycles. The lowest BCUT2D eigenvalue weighted by atomic mass is 9.87. The maximum absolute atomic E-state index is 11.3. The van der Waals surface area contributed by atoms with E-state index in [0.29, 0.717) is 11.4 Å². The van der Waals surface area contributed by atoms with Gasteiger partial charge in [0, 0.05) is 5.39 Å². The largest absolute Gasteiger partial charge is 0.478 e. The van der Waals surface area contributed by atoms with Crippen LogP contribution in [-0.4, -0.2) is 16.1 Å². The number of pyridine rings is 1. The second-order valence-electron chi connectivity index (χ2n) is 7.16. The van der Waals surface area contributed by atoms with E-state index >= 15 is 0 Å². The Morgan fingerprint density at radius 3 is 2.24 bits per heavy atom. The normalized spacial score (nSPS) is 11.5. The quantitative estimate of drug-likeness (QED) is 0.702. The molecule has 0 bridgehead atoms. The van der Waals surface area contributed by atoms with E-state index in [1.54, 1.807) is 13.0 Å². The smallest absolute Gasteiger partial charge is 0.337 e. The van der Waals surface area contributed by atoms with Gasteiger partial charge in [-0.3, -0.25) is 4.98 Å². The Balaban J connectivity index is 1.91. The third-order valence-electron chi connectivity index (χ3n) is 4.16. The second kappa shape index (κ2) is 6.20. The van der Waals surface area contributed by atoms with E-state index in [0.717, 1.165) is 16.7 Å². The number of aromatic carboxylic acids is 1. The van der Waals surface area contributed by atoms with E-state index in [4.69, 9.17) is 4.74 Å². The predicted molar refractivity (Wildman–Crippen MR) is 98.7 cm³/mol. The van der Waals surface area contributed by atoms with Crippen LogP contribution in [0.3, 0.4) is 0 Å². The van der Waals surface area contributed by atoms with Crippen LogP contribution in [0.25, 0.3) is 10.9 Å². The number of rotatable bonds is 3. The topological polar surface area (TPSA) is 59.4 Å². The molecule has 0 unspecified atom stereocenters. The third kappa shape index (κ3) is 3.63. The molecule has 0 amide bonds. The molecular weight excluding hydrogens is 314 g/mol. The van der Waals surface area contributed by atoms with Gasteiger partial charge in [-0.2, -0.15) is 0 Å². The summed E-state index contributed by atoms with van der Waals surface area (Å²) in [5, 5.41) is 9.99. The van der Waals surface area contributed by atoms with Crippen molar-refractivity contribution in [1.82, 2.24) is 4.98 Å². The number of hydrogen-bond acceptors (Lipinski definition) is 3. The average Bonchev–Trinajstić information content (AvgIpc) is 2.54. The molecule has 1 heterocycles. The van der Waals surface area contributed by atoms with Crippen molar-refractivity contribution in [2.45, 2.75) is 33.1 Å². The van der Waals surface area contributed by atoms with Gasteiger partial charge in [0.15, 0.2) is 0 Å². The Bertz CT molecular complexity index is 938. The molecule has 0 spiro atoms. The van der Waals surface area contributed by atoms with Gasteiger partial charge in [0.25, 0.3) is 0 Å². The van der Waals surface area contributed by atoms with E-state index < -0.39 is 5.97 Å². The number of aromatic nitrogens is 1. The standard InChI is InChI=1S/C21H21NO3/c1-13-18(20(23)24)12-14-11-17(9-10-19(14)22-13)25-16-7-5-15(6-8-16)21(2,3)4/h5-12H,1-4H3,(H,23,24). The molecule has 0 radical (unpaired) electrons. The van der Waals surface area contributed by atoms with Crippen LogP contribution < -0.4 is 4.74 Å². The van der Waals surface area contributed by atoms with E-state index in [1.165, 1.54) is 5.56 Å². The molecular formula is C21H21NO3. The van der Waals surface area contributed by atoms with Crippen molar-refractivity contribution in [3.8, 4) is 11.5 Å². The van der Waals surface area contributed by atoms with Gasteiger partial charge >= 0.3 is 5.97 Å². The molecule has 25 heavy (non-hydrogen) atoms. The molecule has 0 aliphatic heterocycles. The number of carboxylic acid groups (broad SMARTS) is 1. The lowest BCUT2D eigenvalue weighted by molar-refractivity contribution is 0.0696. The van der Waals surface area contributed by atoms with Crippen molar-refractivity contribution in [2.24, 2.45) is 0 Å². The first-order valence-corrected chi connectivity index (χ1v) is 8.17. The van der Waals surface area contributed by atoms with Crippen LogP contribution >= 0.6 is 0 Å². The Hall–Kier alpha value is -2.88. The van der Waals surface area contributed by atoms with Crippen molar-refractivity contribution in [3.05, 3.63) is 65.4 Å². The van der Waals surface area contributed by atoms with Gasteiger partial charge in [0.1, 0.15) is 11.5 Å². The van der Waals surface area contributed by atoms with Gasteiger partial charge in [0.2, 0.25) is 0 Å². The summed E-state index contributed by atoms with van der Waals surface area (Å²) in [6.07, 6.45) is 0. The molecule has 0 aliphatic carbocycles. The number of benzene rings is 2. The van der Waals surface area contributed by atoms with Crippen molar-refractivity contribution in [1.29, 1.82) is 0 Å². The average molecular weight is 335 g/mol. The zero-order valence-electron chi connectivity index (χ0n) is 14.8. The highest BCUT2D eigenvalue weighted by Crippen LogP contribution is 2.29. The maximum Gasteiger partial charge on any atom is 0.337 e. The summed E-state index contributed by atoms with van der Waals surface area (Å²) in [6, 6.07) is 15.1. The Morgan fingerprint density at radius 1 is 1.00 bits per heavy atom. The zero-order valence-corrected chi connectivity index (χ0v) is 14.8. The molecule has 0 saturated heterocycles. The zero-order chi connectivity index (χ0) is 18.2. The molecule has 1 aromatic heterocycles. The molecule has 1 N–H and O–H groups in total. The number of carboxylic acids is 1. The van der Waals surface area contributed by atoms with Gasteiger partial charge in [-0.05, 0) is 54.3 Å². The second-order valence-corrected chi connectivity index (χ2v) is 7.16. The summed E-state index contributed by atoms with van der Waals surface area (Å²) in [5.41, 5.74) is 2.80. The van der Waals surface area contributed by atoms with Crippen LogP contribution in [0.15, 0.2) is 48.5 Å². The van der Waals surface area contributed by atoms with E-state index in [1.807, 2.05) is 30.3 Å². The first-order chi connectivity index (χ1) is 11.7. The number of nitrogens with zero attached hydrogens (tertiary/aromatic N) is 1. The van der Waals surface area contributed by atoms with E-state index in [-0.39, 0.29) is 11.0 Å². The molecule has 0 fully saturated rings. The third-order valence-corrected chi connectivity index (χ3v) is 4.16. The number of carbonyl (C=O) groups is 1. The van der Waals surface area contributed by atoms with Gasteiger partial charge in [-0.25, -0.2) is 4.79 Å². The lowest BCUT2D eigenvalue weighted by Gasteiger charge is -2.19. The fraction of sp³-hybridized carbons (Fsp3) is 0.238. The van der Waals surface area contributed by atoms with Crippen LogP contribution in [0.4, 0.5) is 0 Å². The molecule has 3 aromatic rings. The molecule has 128 valence electrons. The fourth-order valence-corrected chi connectivity index (χ4v) is 2.69. The minimum absolute atomic E-state index is 0.0955. The van der Waals surface area contributed by atoms with Crippen LogP contribution in [-0.2, 0) is 5.41 Å². The van der Waals surface area contributed by atoms with Crippen molar-refractivity contribution in [2.75, 3.05) is 0 Å². The predicted octanol–water partition coefficient (Wildman–Crippen LogP) is 5.33. The molecule has 0 aliphatic rings. The van der Waals surface area contributed by atoms with E-state index in [9.17, 15) is 9.90 Å². The van der Waals surface area contributed by atoms with Gasteiger partial charge in [-0.15, -0.1) is 0 Å². The van der Waals surface area contributed by atoms with Gasteiger partial charge in [-0.1, -0.05) is 32.9 Å². The number of hydrogen-bond donors (Lipinski definition) is 1. The van der Waals surface area contributed by atoms with Crippen LogP contribution in [0.2, 0.25) is 0 Å². The highest BCUT2D eigenvalue weighted by Gasteiger charge is 2.13. The van der Waals surface area contributed by atoms with E-state index in [2.05, 4.69) is 37.9 Å². The summed E-state index contributed by atoms with van der Waals surface area (Å²) in [6.45, 7) is 8.20. The lowest BCUT2D eigenvalue weighted by Crippen LogP contribution is -2.10. The molecule has 4 nitrogen and oxygen atoms in total. The minimum atomic E-state index is -0.976. The molecule has 0 saturated carbocycles. The van der Waals surface area contributed by atoms with Crippen molar-refractivity contribution >= 4 is 16.9 Å². The first kappa shape index (κ1) is 17.0. The van der Waals surface area contributed by atoms with Crippen LogP contribution in [0.5, 0.6) is 11.5 Å². The number of fused-ring (bicyclic) bond motifs is 1. The molecule has 4 heteroatoms. The Morgan fingerprint density at radius 2 is 1.64 bits per heavy atom. The number of ether oxygens (including phenoxy) is 1. The Labute approximate surface area is 147 Å². The molecule has 3 rings (SSSR count). The Kier molecular flexibility index (Phi) is 4.21. The van der Waals surface area contributed by atoms with Crippen molar-refractivity contribution < 1.29 is 14.6 Å². The van der Waals surface area contributed by atoms with Crippen molar-refractivity contribution in [3.63, 3.8) is 0 Å². The summed E-state index contributed by atoms with van der Waals surface area (Å²) >= 11 is 0. The van der Waals surface area contributed by atoms with Crippen LogP contribution in [0, 0.1) is 6.92 Å². The first-order valence-electron chi connectivity index (χ1n) is 8.17. The summed E-state index contributed by atoms with van der Waals surface area (Å²) < 4.78 is 5.91. The summed E-state index contributed by atoms with van der Waals surface area (Å²) in [5.74, 6) is 0.417. The van der Waals surface area contributed by atoms with Gasteiger partial charge in [0.05, 0.1) is 16.8 Å². The fourth-order valence-electron chi connectivity index (χ4n) is 2.69. The maximum atomic E-state index is 11.3. The summed E-state index contributed by atoms with van der Waals surface area (Å²) in [7, 11) is 0. The number of aryl methyl sites for hydroxylation is 1. The highest BCUT2D eigenvalue weighted by molar-refractivity contribution is 5.94. The summed E-state index contributed by atoms with van der Waals surface area (Å²) in [4.78, 5) is 15.6. The monoisotopic (exact) mass is 335 g/mol. The molecule has 0 atom stereocenters. The van der Waals surface area contributed by atoms with Gasteiger partial charge < -0.3 is 9.84 Å². The minimum Gasteiger partial charge on any atom is -0.478 e.